The van der Waals surface area contributed by atoms with Crippen LogP contribution in [0.5, 0.6) is 5.75 Å². The lowest BCUT2D eigenvalue weighted by Gasteiger charge is -2.37. The number of carboxylic acid groups (broad SMARTS) is 1. The van der Waals surface area contributed by atoms with Crippen LogP contribution in [0.25, 0.3) is 11.0 Å². The lowest BCUT2D eigenvalue weighted by atomic mass is 9.78. The number of hydrogen-bond acceptors (Lipinski definition) is 5. The number of nitrogens with zero attached hydrogens (tertiary/aromatic N) is 4. The fraction of sp³-hybridized carbons (Fsp3) is 0.452. The minimum atomic E-state index is -0.795. The first-order valence-electron chi connectivity index (χ1n) is 13.6. The molecule has 2 heterocycles. The van der Waals surface area contributed by atoms with Gasteiger partial charge in [0.2, 0.25) is 0 Å². The molecule has 0 spiro atoms. The van der Waals surface area contributed by atoms with Crippen LogP contribution in [0.1, 0.15) is 55.7 Å². The van der Waals surface area contributed by atoms with Crippen molar-refractivity contribution in [1.82, 2.24) is 19.9 Å². The molecule has 0 saturated heterocycles. The summed E-state index contributed by atoms with van der Waals surface area (Å²) >= 11 is 0. The molecule has 1 aliphatic heterocycles. The van der Waals surface area contributed by atoms with Crippen LogP contribution in [-0.2, 0) is 18.4 Å². The number of carbonyl (C=O) groups is 1. The molecule has 198 valence electrons. The molecule has 4 atom stereocenters. The van der Waals surface area contributed by atoms with E-state index in [1.807, 2.05) is 26.1 Å². The van der Waals surface area contributed by atoms with Crippen LogP contribution >= 0.6 is 0 Å². The molecule has 6 rings (SSSR count). The van der Waals surface area contributed by atoms with Gasteiger partial charge in [-0.2, -0.15) is 0 Å². The number of aromatic nitrogens is 3. The van der Waals surface area contributed by atoms with Gasteiger partial charge in [-0.3, -0.25) is 9.69 Å². The van der Waals surface area contributed by atoms with E-state index in [0.717, 1.165) is 59.4 Å². The lowest BCUT2D eigenvalue weighted by molar-refractivity contribution is -0.137. The predicted molar refractivity (Wildman–Crippen MR) is 147 cm³/mol. The third kappa shape index (κ3) is 4.43. The fourth-order valence-corrected chi connectivity index (χ4v) is 6.93. The van der Waals surface area contributed by atoms with Crippen LogP contribution in [-0.4, -0.2) is 49.2 Å². The monoisotopic (exact) mass is 512 g/mol. The predicted octanol–water partition coefficient (Wildman–Crippen LogP) is 5.40. The number of fused-ring (bicyclic) bond motifs is 3. The molecule has 3 aromatic rings. The molecule has 1 aromatic heterocycles. The van der Waals surface area contributed by atoms with Gasteiger partial charge in [0, 0.05) is 37.7 Å². The number of aryl methyl sites for hydroxylation is 2. The summed E-state index contributed by atoms with van der Waals surface area (Å²) in [6, 6.07) is 12.8. The SMILES string of the molecule is Cc1c([C@@H](CC(=O)O)C2=CC3C(C=C2)CC[C@H]3N2Cc3ccccc3OC(C)(C)C2)ccc2c1nnn2C. The van der Waals surface area contributed by atoms with E-state index in [4.69, 9.17) is 4.74 Å². The van der Waals surface area contributed by atoms with Crippen molar-refractivity contribution < 1.29 is 14.6 Å². The van der Waals surface area contributed by atoms with E-state index < -0.39 is 5.97 Å². The number of benzene rings is 2. The van der Waals surface area contributed by atoms with Gasteiger partial charge in [-0.25, -0.2) is 4.68 Å². The highest BCUT2D eigenvalue weighted by Gasteiger charge is 2.42. The molecule has 1 N–H and O–H groups in total. The molecular weight excluding hydrogens is 476 g/mol. The maximum Gasteiger partial charge on any atom is 0.304 e. The molecule has 0 radical (unpaired) electrons. The van der Waals surface area contributed by atoms with Crippen molar-refractivity contribution in [2.24, 2.45) is 18.9 Å². The van der Waals surface area contributed by atoms with Crippen LogP contribution in [0.4, 0.5) is 0 Å². The summed E-state index contributed by atoms with van der Waals surface area (Å²) in [6.07, 6.45) is 9.21. The number of rotatable bonds is 5. The van der Waals surface area contributed by atoms with Crippen LogP contribution in [0.15, 0.2) is 60.2 Å². The number of para-hydroxylation sites is 1. The van der Waals surface area contributed by atoms with E-state index in [2.05, 4.69) is 71.6 Å². The molecular formula is C31H36N4O3. The number of carboxylic acids is 1. The molecule has 7 nitrogen and oxygen atoms in total. The molecule has 2 unspecified atom stereocenters. The van der Waals surface area contributed by atoms with Crippen molar-refractivity contribution in [3.8, 4) is 5.75 Å². The van der Waals surface area contributed by atoms with Crippen molar-refractivity contribution in [1.29, 1.82) is 0 Å². The van der Waals surface area contributed by atoms with Gasteiger partial charge in [-0.15, -0.1) is 5.10 Å². The summed E-state index contributed by atoms with van der Waals surface area (Å²) in [7, 11) is 1.88. The first-order chi connectivity index (χ1) is 18.2. The smallest absolute Gasteiger partial charge is 0.304 e. The molecule has 1 saturated carbocycles. The standard InChI is InChI=1S/C31H36N4O3/c1-19-23(12-14-27-30(19)32-33-34(27)4)24(16-29(36)37)21-10-9-20-11-13-26(25(20)15-21)35-17-22-7-5-6-8-28(22)38-31(2,3)18-35/h5-10,12,14-15,20,24-26H,11,13,16-18H2,1-4H3,(H,36,37)/t20?,24-,25?,26+/m0/s1. The van der Waals surface area contributed by atoms with Gasteiger partial charge in [0.05, 0.1) is 11.9 Å². The Morgan fingerprint density at radius 2 is 2.03 bits per heavy atom. The number of hydrogen-bond donors (Lipinski definition) is 1. The highest BCUT2D eigenvalue weighted by molar-refractivity contribution is 5.80. The number of ether oxygens (including phenoxy) is 1. The third-order valence-electron chi connectivity index (χ3n) is 8.68. The maximum atomic E-state index is 12.1. The van der Waals surface area contributed by atoms with Crippen molar-refractivity contribution in [2.75, 3.05) is 6.54 Å². The Bertz CT molecular complexity index is 1450. The zero-order chi connectivity index (χ0) is 26.6. The van der Waals surface area contributed by atoms with Gasteiger partial charge < -0.3 is 9.84 Å². The Morgan fingerprint density at radius 1 is 1.21 bits per heavy atom. The zero-order valence-corrected chi connectivity index (χ0v) is 22.6. The van der Waals surface area contributed by atoms with Crippen LogP contribution in [0, 0.1) is 18.8 Å². The zero-order valence-electron chi connectivity index (χ0n) is 22.6. The average Bonchev–Trinajstić information content (AvgIpc) is 3.43. The fourth-order valence-electron chi connectivity index (χ4n) is 6.93. The summed E-state index contributed by atoms with van der Waals surface area (Å²) in [5.74, 6) is 0.761. The second-order valence-corrected chi connectivity index (χ2v) is 11.8. The van der Waals surface area contributed by atoms with Gasteiger partial charge in [0.1, 0.15) is 16.9 Å². The van der Waals surface area contributed by atoms with E-state index in [9.17, 15) is 9.90 Å². The molecule has 3 aliphatic rings. The molecule has 0 bridgehead atoms. The van der Waals surface area contributed by atoms with Gasteiger partial charge in [0.15, 0.2) is 0 Å². The minimum Gasteiger partial charge on any atom is -0.486 e. The average molecular weight is 513 g/mol. The molecule has 2 aromatic carbocycles. The Morgan fingerprint density at radius 3 is 2.84 bits per heavy atom. The van der Waals surface area contributed by atoms with Gasteiger partial charge >= 0.3 is 5.97 Å². The number of allylic oxidation sites excluding steroid dienone is 3. The molecule has 0 amide bonds. The third-order valence-corrected chi connectivity index (χ3v) is 8.68. The normalized spacial score (nSPS) is 25.3. The Kier molecular flexibility index (Phi) is 6.14. The largest absolute Gasteiger partial charge is 0.486 e. The summed E-state index contributed by atoms with van der Waals surface area (Å²) in [6.45, 7) is 8.09. The van der Waals surface area contributed by atoms with Crippen molar-refractivity contribution in [2.45, 2.75) is 64.1 Å². The second kappa shape index (κ2) is 9.38. The summed E-state index contributed by atoms with van der Waals surface area (Å²) in [5.41, 5.74) is 5.84. The minimum absolute atomic E-state index is 0.0444. The van der Waals surface area contributed by atoms with Gasteiger partial charge in [-0.05, 0) is 74.3 Å². The highest BCUT2D eigenvalue weighted by Crippen LogP contribution is 2.45. The summed E-state index contributed by atoms with van der Waals surface area (Å²) < 4.78 is 8.19. The Hall–Kier alpha value is -3.45. The van der Waals surface area contributed by atoms with Crippen molar-refractivity contribution in [3.05, 3.63) is 76.9 Å². The van der Waals surface area contributed by atoms with E-state index in [1.54, 1.807) is 4.68 Å². The Labute approximate surface area is 223 Å². The summed E-state index contributed by atoms with van der Waals surface area (Å²) in [4.78, 5) is 14.7. The first kappa shape index (κ1) is 24.9. The van der Waals surface area contributed by atoms with Crippen LogP contribution in [0.3, 0.4) is 0 Å². The van der Waals surface area contributed by atoms with Crippen molar-refractivity contribution in [3.63, 3.8) is 0 Å². The van der Waals surface area contributed by atoms with Crippen molar-refractivity contribution >= 4 is 17.0 Å². The summed E-state index contributed by atoms with van der Waals surface area (Å²) in [5, 5.41) is 18.4. The van der Waals surface area contributed by atoms with Crippen LogP contribution < -0.4 is 4.74 Å². The van der Waals surface area contributed by atoms with E-state index >= 15 is 0 Å². The quantitative estimate of drug-likeness (QED) is 0.493. The molecule has 38 heavy (non-hydrogen) atoms. The number of aliphatic carboxylic acids is 1. The van der Waals surface area contributed by atoms with E-state index in [0.29, 0.717) is 17.9 Å². The van der Waals surface area contributed by atoms with Crippen LogP contribution in [0.2, 0.25) is 0 Å². The second-order valence-electron chi connectivity index (χ2n) is 11.8. The highest BCUT2D eigenvalue weighted by atomic mass is 16.5. The topological polar surface area (TPSA) is 80.5 Å². The Balaban J connectivity index is 1.36. The maximum absolute atomic E-state index is 12.1. The lowest BCUT2D eigenvalue weighted by Crippen LogP contribution is -2.46. The van der Waals surface area contributed by atoms with E-state index in [1.165, 1.54) is 5.56 Å². The molecule has 2 aliphatic carbocycles. The van der Waals surface area contributed by atoms with Gasteiger partial charge in [0.25, 0.3) is 0 Å². The molecule has 1 fully saturated rings. The van der Waals surface area contributed by atoms with E-state index in [-0.39, 0.29) is 17.9 Å². The first-order valence-corrected chi connectivity index (χ1v) is 13.6. The van der Waals surface area contributed by atoms with Gasteiger partial charge in [-0.1, -0.05) is 47.7 Å². The molecule has 7 heteroatoms.